The molecular formula is C26H28N4O3. The summed E-state index contributed by atoms with van der Waals surface area (Å²) >= 11 is 0. The zero-order chi connectivity index (χ0) is 23.2. The Morgan fingerprint density at radius 2 is 1.88 bits per heavy atom. The van der Waals surface area contributed by atoms with Gasteiger partial charge in [0.05, 0.1) is 18.4 Å². The van der Waals surface area contributed by atoms with Crippen molar-refractivity contribution < 1.29 is 14.3 Å². The number of ether oxygens (including phenoxy) is 1. The highest BCUT2D eigenvalue weighted by molar-refractivity contribution is 6.04. The summed E-state index contributed by atoms with van der Waals surface area (Å²) < 4.78 is 5.14. The van der Waals surface area contributed by atoms with Gasteiger partial charge in [0.1, 0.15) is 11.6 Å². The lowest BCUT2D eigenvalue weighted by Crippen LogP contribution is -2.28. The zero-order valence-electron chi connectivity index (χ0n) is 19.0. The zero-order valence-corrected chi connectivity index (χ0v) is 19.0. The Morgan fingerprint density at radius 1 is 1.12 bits per heavy atom. The first-order valence-corrected chi connectivity index (χ1v) is 11.1. The van der Waals surface area contributed by atoms with Gasteiger partial charge in [0.2, 0.25) is 5.91 Å². The van der Waals surface area contributed by atoms with E-state index in [1.807, 2.05) is 42.2 Å². The first-order valence-electron chi connectivity index (χ1n) is 11.1. The average Bonchev–Trinajstić information content (AvgIpc) is 3.34. The third-order valence-corrected chi connectivity index (χ3v) is 5.97. The Hall–Kier alpha value is -3.74. The molecule has 7 heteroatoms. The summed E-state index contributed by atoms with van der Waals surface area (Å²) in [6.07, 6.45) is 3.65. The van der Waals surface area contributed by atoms with Crippen LogP contribution in [0.3, 0.4) is 0 Å². The lowest BCUT2D eigenvalue weighted by molar-refractivity contribution is -0.130. The molecular weight excluding hydrogens is 416 g/mol. The largest absolute Gasteiger partial charge is 0.497 e. The number of methoxy groups -OCH3 is 1. The molecule has 1 aliphatic heterocycles. The number of rotatable bonds is 7. The number of likely N-dealkylation sites (tertiary alicyclic amines) is 1. The minimum Gasteiger partial charge on any atom is -0.497 e. The second-order valence-electron chi connectivity index (χ2n) is 8.22. The first kappa shape index (κ1) is 22.5. The number of carbonyl (C=O) groups is 2. The van der Waals surface area contributed by atoms with Crippen LogP contribution < -0.4 is 10.1 Å². The van der Waals surface area contributed by atoms with Gasteiger partial charge >= 0.3 is 0 Å². The van der Waals surface area contributed by atoms with E-state index in [0.29, 0.717) is 42.3 Å². The molecule has 3 aromatic rings. The van der Waals surface area contributed by atoms with Gasteiger partial charge in [0, 0.05) is 37.3 Å². The summed E-state index contributed by atoms with van der Waals surface area (Å²) in [6.45, 7) is 3.14. The van der Waals surface area contributed by atoms with Crippen molar-refractivity contribution in [2.75, 3.05) is 25.5 Å². The van der Waals surface area contributed by atoms with Crippen molar-refractivity contribution in [3.8, 4) is 5.75 Å². The predicted octanol–water partition coefficient (Wildman–Crippen LogP) is 3.99. The number of amides is 2. The molecule has 0 aliphatic carbocycles. The number of carbonyl (C=O) groups excluding carboxylic acids is 2. The summed E-state index contributed by atoms with van der Waals surface area (Å²) in [5.41, 5.74) is 2.90. The van der Waals surface area contributed by atoms with Gasteiger partial charge in [-0.25, -0.2) is 9.97 Å². The third kappa shape index (κ3) is 5.55. The van der Waals surface area contributed by atoms with Crippen LogP contribution >= 0.6 is 0 Å². The van der Waals surface area contributed by atoms with Crippen LogP contribution in [0.1, 0.15) is 46.2 Å². The van der Waals surface area contributed by atoms with Crippen molar-refractivity contribution in [2.24, 2.45) is 0 Å². The lowest BCUT2D eigenvalue weighted by atomic mass is 10.1. The van der Waals surface area contributed by atoms with Gasteiger partial charge in [0.25, 0.3) is 5.91 Å². The fourth-order valence-electron chi connectivity index (χ4n) is 4.03. The maximum atomic E-state index is 12.7. The minimum atomic E-state index is -0.256. The molecule has 1 aromatic heterocycles. The maximum Gasteiger partial charge on any atom is 0.259 e. The summed E-state index contributed by atoms with van der Waals surface area (Å²) in [7, 11) is 1.60. The molecule has 0 spiro atoms. The molecule has 1 aliphatic rings. The molecule has 0 radical (unpaired) electrons. The maximum absolute atomic E-state index is 12.7. The van der Waals surface area contributed by atoms with Crippen LogP contribution in [0, 0.1) is 6.92 Å². The average molecular weight is 445 g/mol. The third-order valence-electron chi connectivity index (χ3n) is 5.97. The quantitative estimate of drug-likeness (QED) is 0.596. The van der Waals surface area contributed by atoms with Gasteiger partial charge in [0.15, 0.2) is 0 Å². The van der Waals surface area contributed by atoms with Crippen LogP contribution in [0.2, 0.25) is 0 Å². The number of aryl methyl sites for hydroxylation is 2. The van der Waals surface area contributed by atoms with Crippen molar-refractivity contribution in [1.82, 2.24) is 14.9 Å². The van der Waals surface area contributed by atoms with E-state index in [-0.39, 0.29) is 17.7 Å². The van der Waals surface area contributed by atoms with E-state index in [4.69, 9.17) is 4.74 Å². The van der Waals surface area contributed by atoms with Crippen molar-refractivity contribution in [1.29, 1.82) is 0 Å². The fraction of sp³-hybridized carbons (Fsp3) is 0.308. The molecule has 1 saturated heterocycles. The van der Waals surface area contributed by atoms with Crippen LogP contribution in [-0.2, 0) is 11.2 Å². The Morgan fingerprint density at radius 3 is 2.58 bits per heavy atom. The highest BCUT2D eigenvalue weighted by atomic mass is 16.5. The lowest BCUT2D eigenvalue weighted by Gasteiger charge is -2.16. The van der Waals surface area contributed by atoms with Gasteiger partial charge in [-0.1, -0.05) is 30.3 Å². The van der Waals surface area contributed by atoms with E-state index in [1.54, 1.807) is 37.6 Å². The van der Waals surface area contributed by atoms with E-state index in [2.05, 4.69) is 15.3 Å². The van der Waals surface area contributed by atoms with Gasteiger partial charge in [-0.3, -0.25) is 9.59 Å². The van der Waals surface area contributed by atoms with Crippen LogP contribution in [0.15, 0.2) is 60.8 Å². The summed E-state index contributed by atoms with van der Waals surface area (Å²) in [5.74, 6) is 1.40. The molecule has 2 aromatic carbocycles. The summed E-state index contributed by atoms with van der Waals surface area (Å²) in [5, 5.41) is 2.86. The van der Waals surface area contributed by atoms with Crippen LogP contribution in [-0.4, -0.2) is 46.9 Å². The molecule has 1 atom stereocenters. The Bertz CT molecular complexity index is 1120. The topological polar surface area (TPSA) is 84.4 Å². The standard InChI is InChI=1S/C26H28N4O3/c1-18-23(26(32)29-21-9-11-22(33-2)12-10-21)16-27-25(28-18)20-14-15-30(17-20)24(31)13-8-19-6-4-3-5-7-19/h3-7,9-12,16,20H,8,13-15,17H2,1-2H3,(H,29,32)/t20-/m1/s1. The van der Waals surface area contributed by atoms with E-state index >= 15 is 0 Å². The van der Waals surface area contributed by atoms with Crippen LogP contribution in [0.5, 0.6) is 5.75 Å². The SMILES string of the molecule is COc1ccc(NC(=O)c2cnc([C@@H]3CCN(C(=O)CCc4ccccc4)C3)nc2C)cc1. The number of nitrogens with one attached hydrogen (secondary N) is 1. The van der Waals surface area contributed by atoms with Crippen molar-refractivity contribution in [3.05, 3.63) is 83.4 Å². The molecule has 33 heavy (non-hydrogen) atoms. The molecule has 2 amide bonds. The number of anilines is 1. The molecule has 170 valence electrons. The van der Waals surface area contributed by atoms with E-state index < -0.39 is 0 Å². The molecule has 0 bridgehead atoms. The summed E-state index contributed by atoms with van der Waals surface area (Å²) in [6, 6.07) is 17.2. The molecule has 0 saturated carbocycles. The normalized spacial score (nSPS) is 15.3. The van der Waals surface area contributed by atoms with E-state index in [1.165, 1.54) is 5.56 Å². The van der Waals surface area contributed by atoms with Crippen molar-refractivity contribution in [3.63, 3.8) is 0 Å². The number of aromatic nitrogens is 2. The fourth-order valence-corrected chi connectivity index (χ4v) is 4.03. The van der Waals surface area contributed by atoms with Gasteiger partial charge in [-0.2, -0.15) is 0 Å². The van der Waals surface area contributed by atoms with Crippen LogP contribution in [0.4, 0.5) is 5.69 Å². The monoisotopic (exact) mass is 444 g/mol. The molecule has 1 N–H and O–H groups in total. The second-order valence-corrected chi connectivity index (χ2v) is 8.22. The number of hydrogen-bond donors (Lipinski definition) is 1. The highest BCUT2D eigenvalue weighted by Crippen LogP contribution is 2.26. The van der Waals surface area contributed by atoms with Crippen molar-refractivity contribution in [2.45, 2.75) is 32.1 Å². The number of hydrogen-bond acceptors (Lipinski definition) is 5. The molecule has 0 unspecified atom stereocenters. The minimum absolute atomic E-state index is 0.0862. The number of nitrogens with zero attached hydrogens (tertiary/aromatic N) is 3. The van der Waals surface area contributed by atoms with Crippen molar-refractivity contribution >= 4 is 17.5 Å². The Balaban J connectivity index is 1.34. The van der Waals surface area contributed by atoms with Crippen LogP contribution in [0.25, 0.3) is 0 Å². The highest BCUT2D eigenvalue weighted by Gasteiger charge is 2.29. The van der Waals surface area contributed by atoms with Gasteiger partial charge < -0.3 is 15.0 Å². The first-order chi connectivity index (χ1) is 16.0. The second kappa shape index (κ2) is 10.3. The van der Waals surface area contributed by atoms with Gasteiger partial charge in [-0.15, -0.1) is 0 Å². The number of benzene rings is 2. The molecule has 1 fully saturated rings. The van der Waals surface area contributed by atoms with E-state index in [0.717, 1.165) is 18.6 Å². The van der Waals surface area contributed by atoms with E-state index in [9.17, 15) is 9.59 Å². The Labute approximate surface area is 193 Å². The molecule has 7 nitrogen and oxygen atoms in total. The molecule has 2 heterocycles. The smallest absolute Gasteiger partial charge is 0.259 e. The summed E-state index contributed by atoms with van der Waals surface area (Å²) in [4.78, 5) is 36.3. The predicted molar refractivity (Wildman–Crippen MR) is 126 cm³/mol. The molecule has 4 rings (SSSR count). The van der Waals surface area contributed by atoms with Gasteiger partial charge in [-0.05, 0) is 49.6 Å². The Kier molecular flexibility index (Phi) is 6.98.